The second-order valence-electron chi connectivity index (χ2n) is 4.60. The van der Waals surface area contributed by atoms with Gasteiger partial charge in [0.15, 0.2) is 0 Å². The van der Waals surface area contributed by atoms with Gasteiger partial charge in [0.2, 0.25) is 5.91 Å². The number of carbonyl (C=O) groups is 1. The molecule has 1 amide bonds. The van der Waals surface area contributed by atoms with Gasteiger partial charge in [-0.25, -0.2) is 0 Å². The highest BCUT2D eigenvalue weighted by molar-refractivity contribution is 6.00. The smallest absolute Gasteiger partial charge is 0.324 e. The van der Waals surface area contributed by atoms with Gasteiger partial charge in [-0.15, -0.1) is 12.4 Å². The zero-order chi connectivity index (χ0) is 13.4. The number of nitrogens with two attached hydrogens (primary N) is 1. The Balaban J connectivity index is 0.00000180. The van der Waals surface area contributed by atoms with Crippen molar-refractivity contribution in [2.24, 2.45) is 5.73 Å². The van der Waals surface area contributed by atoms with Crippen LogP contribution in [0.2, 0.25) is 0 Å². The summed E-state index contributed by atoms with van der Waals surface area (Å²) in [4.78, 5) is 11.6. The lowest BCUT2D eigenvalue weighted by atomic mass is 10.1. The van der Waals surface area contributed by atoms with E-state index in [1.165, 1.54) is 18.2 Å². The molecule has 1 fully saturated rings. The lowest BCUT2D eigenvalue weighted by Gasteiger charge is -2.12. The van der Waals surface area contributed by atoms with Crippen LogP contribution in [0.15, 0.2) is 24.3 Å². The van der Waals surface area contributed by atoms with Crippen molar-refractivity contribution in [3.05, 3.63) is 29.8 Å². The monoisotopic (exact) mass is 294 g/mol. The van der Waals surface area contributed by atoms with Crippen LogP contribution in [0.1, 0.15) is 18.4 Å². The molecule has 0 saturated heterocycles. The molecule has 1 aliphatic rings. The third-order valence-electron chi connectivity index (χ3n) is 2.83. The molecule has 2 rings (SSSR count). The van der Waals surface area contributed by atoms with Crippen LogP contribution in [0.5, 0.6) is 0 Å². The molecule has 0 bridgehead atoms. The van der Waals surface area contributed by atoms with Crippen LogP contribution in [-0.2, 0) is 11.2 Å². The standard InChI is InChI=1S/C12H13F3N2O.ClH/c13-12(14,15)7-8-2-1-3-9(6-8)17-10(18)11(16)4-5-11;/h1-3,6H,4-5,7,16H2,(H,17,18);1H. The Kier molecular flexibility index (Phi) is 4.47. The molecular formula is C12H14ClF3N2O. The molecule has 1 aliphatic carbocycles. The highest BCUT2D eigenvalue weighted by atomic mass is 35.5. The van der Waals surface area contributed by atoms with Gasteiger partial charge in [-0.05, 0) is 30.5 Å². The van der Waals surface area contributed by atoms with Gasteiger partial charge in [0, 0.05) is 5.69 Å². The van der Waals surface area contributed by atoms with E-state index in [1.807, 2.05) is 0 Å². The first kappa shape index (κ1) is 15.8. The fourth-order valence-corrected chi connectivity index (χ4v) is 1.61. The number of amides is 1. The first-order valence-electron chi connectivity index (χ1n) is 5.55. The van der Waals surface area contributed by atoms with Gasteiger partial charge in [0.1, 0.15) is 0 Å². The van der Waals surface area contributed by atoms with Crippen LogP contribution in [0, 0.1) is 0 Å². The maximum atomic E-state index is 12.2. The first-order chi connectivity index (χ1) is 8.28. The summed E-state index contributed by atoms with van der Waals surface area (Å²) in [6.45, 7) is 0. The maximum Gasteiger partial charge on any atom is 0.393 e. The van der Waals surface area contributed by atoms with Crippen molar-refractivity contribution in [1.82, 2.24) is 0 Å². The summed E-state index contributed by atoms with van der Waals surface area (Å²) >= 11 is 0. The van der Waals surface area contributed by atoms with Crippen molar-refractivity contribution in [2.45, 2.75) is 31.0 Å². The van der Waals surface area contributed by atoms with E-state index in [1.54, 1.807) is 6.07 Å². The van der Waals surface area contributed by atoms with Crippen LogP contribution in [0.3, 0.4) is 0 Å². The summed E-state index contributed by atoms with van der Waals surface area (Å²) in [5.41, 5.74) is 5.31. The molecule has 1 saturated carbocycles. The number of nitrogens with one attached hydrogen (secondary N) is 1. The third kappa shape index (κ3) is 4.40. The average Bonchev–Trinajstić information content (AvgIpc) is 2.95. The maximum absolute atomic E-state index is 12.2. The van der Waals surface area contributed by atoms with Crippen molar-refractivity contribution in [2.75, 3.05) is 5.32 Å². The molecule has 1 aromatic rings. The summed E-state index contributed by atoms with van der Waals surface area (Å²) in [5.74, 6) is -0.341. The highest BCUT2D eigenvalue weighted by Gasteiger charge is 2.45. The number of halogens is 4. The van der Waals surface area contributed by atoms with Gasteiger partial charge in [-0.1, -0.05) is 12.1 Å². The van der Waals surface area contributed by atoms with Gasteiger partial charge in [0.25, 0.3) is 0 Å². The predicted molar refractivity (Wildman–Crippen MR) is 68.2 cm³/mol. The predicted octanol–water partition coefficient (Wildman–Crippen LogP) is 2.64. The summed E-state index contributed by atoms with van der Waals surface area (Å²) in [5, 5.41) is 2.54. The zero-order valence-corrected chi connectivity index (χ0v) is 10.8. The van der Waals surface area contributed by atoms with Crippen molar-refractivity contribution in [3.8, 4) is 0 Å². The molecule has 0 aliphatic heterocycles. The SMILES string of the molecule is Cl.NC1(C(=O)Nc2cccc(CC(F)(F)F)c2)CC1. The van der Waals surface area contributed by atoms with E-state index in [2.05, 4.69) is 5.32 Å². The van der Waals surface area contributed by atoms with Crippen LogP contribution in [-0.4, -0.2) is 17.6 Å². The Labute approximate surface area is 114 Å². The zero-order valence-electron chi connectivity index (χ0n) is 9.96. The van der Waals surface area contributed by atoms with Crippen LogP contribution in [0.25, 0.3) is 0 Å². The molecule has 19 heavy (non-hydrogen) atoms. The van der Waals surface area contributed by atoms with E-state index >= 15 is 0 Å². The largest absolute Gasteiger partial charge is 0.393 e. The average molecular weight is 295 g/mol. The number of carbonyl (C=O) groups excluding carboxylic acids is 1. The molecule has 3 nitrogen and oxygen atoms in total. The third-order valence-corrected chi connectivity index (χ3v) is 2.83. The summed E-state index contributed by atoms with van der Waals surface area (Å²) in [7, 11) is 0. The molecule has 7 heteroatoms. The number of rotatable bonds is 3. The lowest BCUT2D eigenvalue weighted by molar-refractivity contribution is -0.127. The van der Waals surface area contributed by atoms with Crippen molar-refractivity contribution < 1.29 is 18.0 Å². The van der Waals surface area contributed by atoms with E-state index < -0.39 is 18.1 Å². The molecule has 0 spiro atoms. The molecule has 0 aromatic heterocycles. The molecule has 106 valence electrons. The molecule has 0 atom stereocenters. The quantitative estimate of drug-likeness (QED) is 0.900. The number of hydrogen-bond acceptors (Lipinski definition) is 2. The molecule has 0 heterocycles. The summed E-state index contributed by atoms with van der Waals surface area (Å²) in [6, 6.07) is 5.71. The van der Waals surface area contributed by atoms with Crippen LogP contribution in [0.4, 0.5) is 18.9 Å². The number of benzene rings is 1. The number of hydrogen-bond donors (Lipinski definition) is 2. The molecule has 0 radical (unpaired) electrons. The molecular weight excluding hydrogens is 281 g/mol. The van der Waals surface area contributed by atoms with Crippen molar-refractivity contribution in [1.29, 1.82) is 0 Å². The Hall–Kier alpha value is -1.27. The Morgan fingerprint density at radius 3 is 2.53 bits per heavy atom. The molecule has 0 unspecified atom stereocenters. The van der Waals surface area contributed by atoms with Gasteiger partial charge in [0.05, 0.1) is 12.0 Å². The summed E-state index contributed by atoms with van der Waals surface area (Å²) < 4.78 is 36.7. The van der Waals surface area contributed by atoms with E-state index in [0.29, 0.717) is 18.5 Å². The van der Waals surface area contributed by atoms with E-state index in [4.69, 9.17) is 5.73 Å². The highest BCUT2D eigenvalue weighted by Crippen LogP contribution is 2.33. The van der Waals surface area contributed by atoms with Gasteiger partial charge in [-0.3, -0.25) is 4.79 Å². The first-order valence-corrected chi connectivity index (χ1v) is 5.55. The fourth-order valence-electron chi connectivity index (χ4n) is 1.61. The summed E-state index contributed by atoms with van der Waals surface area (Å²) in [6.07, 6.45) is -4.04. The van der Waals surface area contributed by atoms with Gasteiger partial charge >= 0.3 is 6.18 Å². The molecule has 3 N–H and O–H groups in total. The number of anilines is 1. The van der Waals surface area contributed by atoms with Gasteiger partial charge < -0.3 is 11.1 Å². The van der Waals surface area contributed by atoms with Crippen molar-refractivity contribution >= 4 is 24.0 Å². The fraction of sp³-hybridized carbons (Fsp3) is 0.417. The minimum Gasteiger partial charge on any atom is -0.324 e. The second kappa shape index (κ2) is 5.38. The Morgan fingerprint density at radius 1 is 1.37 bits per heavy atom. The van der Waals surface area contributed by atoms with E-state index in [9.17, 15) is 18.0 Å². The lowest BCUT2D eigenvalue weighted by Crippen LogP contribution is -2.37. The topological polar surface area (TPSA) is 55.1 Å². The normalized spacial score (nSPS) is 16.4. The second-order valence-corrected chi connectivity index (χ2v) is 4.60. The van der Waals surface area contributed by atoms with Gasteiger partial charge in [-0.2, -0.15) is 13.2 Å². The van der Waals surface area contributed by atoms with Crippen LogP contribution < -0.4 is 11.1 Å². The van der Waals surface area contributed by atoms with Crippen molar-refractivity contribution in [3.63, 3.8) is 0 Å². The van der Waals surface area contributed by atoms with Crippen LogP contribution >= 0.6 is 12.4 Å². The minimum absolute atomic E-state index is 0. The Bertz CT molecular complexity index is 472. The minimum atomic E-state index is -4.26. The molecule has 1 aromatic carbocycles. The van der Waals surface area contributed by atoms with E-state index in [0.717, 1.165) is 0 Å². The number of alkyl halides is 3. The van der Waals surface area contributed by atoms with E-state index in [-0.39, 0.29) is 23.9 Å². The Morgan fingerprint density at radius 2 is 2.00 bits per heavy atom.